The summed E-state index contributed by atoms with van der Waals surface area (Å²) >= 11 is 0. The van der Waals surface area contributed by atoms with E-state index in [1.54, 1.807) is 18.3 Å². The normalized spacial score (nSPS) is 12.0. The minimum atomic E-state index is -0.148. The van der Waals surface area contributed by atoms with Gasteiger partial charge in [-0.2, -0.15) is 0 Å². The van der Waals surface area contributed by atoms with E-state index in [4.69, 9.17) is 10.5 Å². The predicted octanol–water partition coefficient (Wildman–Crippen LogP) is 2.82. The number of nitrogens with two attached hydrogens (primary N) is 1. The summed E-state index contributed by atoms with van der Waals surface area (Å²) < 4.78 is 5.69. The average Bonchev–Trinajstić information content (AvgIpc) is 2.54. The second-order valence-electron chi connectivity index (χ2n) is 5.67. The molecule has 1 amide bonds. The molecule has 5 nitrogen and oxygen atoms in total. The Hall–Kier alpha value is -2.40. The molecular weight excluding hydrogens is 290 g/mol. The Morgan fingerprint density at radius 1 is 1.26 bits per heavy atom. The van der Waals surface area contributed by atoms with E-state index in [9.17, 15) is 4.79 Å². The van der Waals surface area contributed by atoms with E-state index < -0.39 is 0 Å². The summed E-state index contributed by atoms with van der Waals surface area (Å²) in [5, 5.41) is 2.98. The topological polar surface area (TPSA) is 77.2 Å². The average molecular weight is 313 g/mol. The van der Waals surface area contributed by atoms with Crippen molar-refractivity contribution in [3.8, 4) is 5.75 Å². The van der Waals surface area contributed by atoms with Gasteiger partial charge in [0.05, 0.1) is 17.8 Å². The fraction of sp³-hybridized carbons (Fsp3) is 0.333. The highest BCUT2D eigenvalue weighted by Crippen LogP contribution is 2.20. The summed E-state index contributed by atoms with van der Waals surface area (Å²) in [5.74, 6) is 0.651. The van der Waals surface area contributed by atoms with Crippen molar-refractivity contribution in [1.82, 2.24) is 10.3 Å². The first-order chi connectivity index (χ1) is 11.0. The van der Waals surface area contributed by atoms with Gasteiger partial charge in [0.2, 0.25) is 0 Å². The van der Waals surface area contributed by atoms with Crippen LogP contribution in [0.1, 0.15) is 48.4 Å². The largest absolute Gasteiger partial charge is 0.491 e. The smallest absolute Gasteiger partial charge is 0.251 e. The van der Waals surface area contributed by atoms with Crippen molar-refractivity contribution in [2.75, 3.05) is 0 Å². The van der Waals surface area contributed by atoms with Crippen molar-refractivity contribution >= 4 is 5.91 Å². The molecule has 23 heavy (non-hydrogen) atoms. The number of carbonyl (C=O) groups excluding carboxylic acids is 1. The Morgan fingerprint density at radius 3 is 2.74 bits per heavy atom. The van der Waals surface area contributed by atoms with Crippen molar-refractivity contribution in [2.45, 2.75) is 39.5 Å². The van der Waals surface area contributed by atoms with Crippen LogP contribution in [0.4, 0.5) is 0 Å². The van der Waals surface area contributed by atoms with Crippen LogP contribution < -0.4 is 15.8 Å². The summed E-state index contributed by atoms with van der Waals surface area (Å²) in [7, 11) is 0. The summed E-state index contributed by atoms with van der Waals surface area (Å²) in [6.45, 7) is 6.22. The second kappa shape index (κ2) is 7.74. The van der Waals surface area contributed by atoms with Crippen LogP contribution in [0, 0.1) is 0 Å². The van der Waals surface area contributed by atoms with Crippen molar-refractivity contribution in [3.05, 3.63) is 59.4 Å². The van der Waals surface area contributed by atoms with Gasteiger partial charge in [0.1, 0.15) is 5.75 Å². The first-order valence-corrected chi connectivity index (χ1v) is 7.72. The number of ether oxygens (including phenoxy) is 1. The zero-order chi connectivity index (χ0) is 16.8. The number of carbonyl (C=O) groups is 1. The van der Waals surface area contributed by atoms with Crippen LogP contribution in [-0.4, -0.2) is 17.0 Å². The van der Waals surface area contributed by atoms with Gasteiger partial charge in [-0.25, -0.2) is 0 Å². The van der Waals surface area contributed by atoms with Gasteiger partial charge in [0, 0.05) is 18.3 Å². The summed E-state index contributed by atoms with van der Waals surface area (Å²) in [6.07, 6.45) is 1.71. The molecule has 0 saturated carbocycles. The second-order valence-corrected chi connectivity index (χ2v) is 5.67. The monoisotopic (exact) mass is 313 g/mol. The third kappa shape index (κ3) is 4.79. The molecule has 0 fully saturated rings. The highest BCUT2D eigenvalue weighted by molar-refractivity contribution is 5.94. The molecule has 1 aromatic carbocycles. The molecule has 0 aliphatic heterocycles. The number of pyridine rings is 1. The zero-order valence-electron chi connectivity index (χ0n) is 13.7. The summed E-state index contributed by atoms with van der Waals surface area (Å²) in [5.41, 5.74) is 7.80. The van der Waals surface area contributed by atoms with E-state index in [0.29, 0.717) is 17.8 Å². The van der Waals surface area contributed by atoms with Crippen LogP contribution in [-0.2, 0) is 6.54 Å². The molecule has 1 aromatic heterocycles. The van der Waals surface area contributed by atoms with E-state index >= 15 is 0 Å². The number of benzene rings is 1. The number of nitrogens with one attached hydrogen (secondary N) is 1. The lowest BCUT2D eigenvalue weighted by Crippen LogP contribution is -2.27. The Kier molecular flexibility index (Phi) is 5.71. The lowest BCUT2D eigenvalue weighted by Gasteiger charge is -2.17. The molecule has 1 atom stereocenters. The maximum Gasteiger partial charge on any atom is 0.251 e. The standard InChI is InChI=1S/C18H23N3O2/c1-12(2)23-17-6-4-5-14(10-17)13(3)21-18(22)15-7-8-20-16(9-15)11-19/h4-10,12-13H,11,19H2,1-3H3,(H,21,22). The number of hydrogen-bond acceptors (Lipinski definition) is 4. The van der Waals surface area contributed by atoms with Crippen molar-refractivity contribution in [3.63, 3.8) is 0 Å². The fourth-order valence-corrected chi connectivity index (χ4v) is 2.22. The minimum absolute atomic E-state index is 0.113. The third-order valence-corrected chi connectivity index (χ3v) is 3.37. The van der Waals surface area contributed by atoms with Crippen LogP contribution in [0.3, 0.4) is 0 Å². The highest BCUT2D eigenvalue weighted by atomic mass is 16.5. The maximum atomic E-state index is 12.3. The third-order valence-electron chi connectivity index (χ3n) is 3.37. The number of rotatable bonds is 6. The maximum absolute atomic E-state index is 12.3. The van der Waals surface area contributed by atoms with E-state index in [1.165, 1.54) is 0 Å². The van der Waals surface area contributed by atoms with Crippen molar-refractivity contribution in [2.24, 2.45) is 5.73 Å². The molecule has 0 aliphatic rings. The Balaban J connectivity index is 2.08. The Morgan fingerprint density at radius 2 is 2.04 bits per heavy atom. The molecule has 122 valence electrons. The van der Waals surface area contributed by atoms with E-state index in [1.807, 2.05) is 45.0 Å². The fourth-order valence-electron chi connectivity index (χ4n) is 2.22. The molecule has 2 aromatic rings. The molecule has 2 rings (SSSR count). The van der Waals surface area contributed by atoms with Gasteiger partial charge in [0.25, 0.3) is 5.91 Å². The molecule has 0 aliphatic carbocycles. The lowest BCUT2D eigenvalue weighted by atomic mass is 10.1. The lowest BCUT2D eigenvalue weighted by molar-refractivity contribution is 0.0939. The molecule has 0 radical (unpaired) electrons. The van der Waals surface area contributed by atoms with Gasteiger partial charge in [-0.05, 0) is 50.6 Å². The molecule has 0 saturated heterocycles. The molecule has 0 bridgehead atoms. The molecule has 0 spiro atoms. The minimum Gasteiger partial charge on any atom is -0.491 e. The van der Waals surface area contributed by atoms with Crippen LogP contribution in [0.25, 0.3) is 0 Å². The van der Waals surface area contributed by atoms with Crippen LogP contribution >= 0.6 is 0 Å². The van der Waals surface area contributed by atoms with Gasteiger partial charge >= 0.3 is 0 Å². The number of hydrogen-bond donors (Lipinski definition) is 2. The van der Waals surface area contributed by atoms with E-state index in [2.05, 4.69) is 10.3 Å². The van der Waals surface area contributed by atoms with Gasteiger partial charge in [0.15, 0.2) is 0 Å². The quantitative estimate of drug-likeness (QED) is 0.859. The van der Waals surface area contributed by atoms with Gasteiger partial charge in [-0.15, -0.1) is 0 Å². The number of amides is 1. The van der Waals surface area contributed by atoms with Crippen LogP contribution in [0.15, 0.2) is 42.6 Å². The van der Waals surface area contributed by atoms with Crippen LogP contribution in [0.5, 0.6) is 5.75 Å². The SMILES string of the molecule is CC(C)Oc1cccc(C(C)NC(=O)c2ccnc(CN)c2)c1. The first kappa shape index (κ1) is 17.0. The first-order valence-electron chi connectivity index (χ1n) is 7.72. The van der Waals surface area contributed by atoms with Gasteiger partial charge in [-0.3, -0.25) is 9.78 Å². The summed E-state index contributed by atoms with van der Waals surface area (Å²) in [6, 6.07) is 11.0. The zero-order valence-corrected chi connectivity index (χ0v) is 13.7. The number of aromatic nitrogens is 1. The molecular formula is C18H23N3O2. The van der Waals surface area contributed by atoms with E-state index in [-0.39, 0.29) is 18.1 Å². The van der Waals surface area contributed by atoms with Crippen molar-refractivity contribution in [1.29, 1.82) is 0 Å². The number of nitrogens with zero attached hydrogens (tertiary/aromatic N) is 1. The van der Waals surface area contributed by atoms with Crippen molar-refractivity contribution < 1.29 is 9.53 Å². The molecule has 5 heteroatoms. The molecule has 3 N–H and O–H groups in total. The highest BCUT2D eigenvalue weighted by Gasteiger charge is 2.13. The summed E-state index contributed by atoms with van der Waals surface area (Å²) in [4.78, 5) is 16.4. The molecule has 1 heterocycles. The van der Waals surface area contributed by atoms with Crippen LogP contribution in [0.2, 0.25) is 0 Å². The van der Waals surface area contributed by atoms with E-state index in [0.717, 1.165) is 11.3 Å². The Labute approximate surface area is 136 Å². The predicted molar refractivity (Wildman–Crippen MR) is 90.2 cm³/mol. The Bertz CT molecular complexity index is 671. The van der Waals surface area contributed by atoms with Gasteiger partial charge in [-0.1, -0.05) is 12.1 Å². The molecule has 1 unspecified atom stereocenters. The van der Waals surface area contributed by atoms with Gasteiger partial charge < -0.3 is 15.8 Å².